The second kappa shape index (κ2) is 6.30. The lowest BCUT2D eigenvalue weighted by Gasteiger charge is -2.28. The largest absolute Gasteiger partial charge is 0.306 e. The Morgan fingerprint density at radius 1 is 1.42 bits per heavy atom. The first-order valence-corrected chi connectivity index (χ1v) is 8.54. The number of sulfonamides is 1. The van der Waals surface area contributed by atoms with Gasteiger partial charge in [-0.3, -0.25) is 4.98 Å². The number of aromatic nitrogens is 1. The second-order valence-electron chi connectivity index (χ2n) is 4.94. The Hall–Kier alpha value is -0.500. The van der Waals surface area contributed by atoms with Crippen LogP contribution in [-0.4, -0.2) is 45.0 Å². The van der Waals surface area contributed by atoms with Gasteiger partial charge in [-0.1, -0.05) is 0 Å². The fourth-order valence-electron chi connectivity index (χ4n) is 2.12. The molecule has 1 aliphatic heterocycles. The van der Waals surface area contributed by atoms with Crippen LogP contribution >= 0.6 is 15.9 Å². The van der Waals surface area contributed by atoms with Crippen LogP contribution in [0.5, 0.6) is 0 Å². The lowest BCUT2D eigenvalue weighted by atomic mass is 9.98. The minimum absolute atomic E-state index is 0.204. The number of pyridine rings is 1. The summed E-state index contributed by atoms with van der Waals surface area (Å²) in [5.74, 6) is 0.422. The molecule has 0 saturated carbocycles. The molecule has 106 valence electrons. The molecule has 1 aromatic heterocycles. The van der Waals surface area contributed by atoms with Crippen molar-refractivity contribution in [2.24, 2.45) is 5.92 Å². The van der Waals surface area contributed by atoms with Crippen molar-refractivity contribution in [2.45, 2.75) is 17.7 Å². The molecule has 1 aromatic rings. The van der Waals surface area contributed by atoms with Crippen molar-refractivity contribution in [1.29, 1.82) is 0 Å². The molecule has 0 radical (unpaired) electrons. The van der Waals surface area contributed by atoms with Crippen LogP contribution < -0.4 is 4.72 Å². The average molecular weight is 348 g/mol. The minimum Gasteiger partial charge on any atom is -0.306 e. The van der Waals surface area contributed by atoms with E-state index < -0.39 is 10.0 Å². The van der Waals surface area contributed by atoms with Crippen molar-refractivity contribution < 1.29 is 8.42 Å². The smallest absolute Gasteiger partial charge is 0.242 e. The van der Waals surface area contributed by atoms with Gasteiger partial charge in [0.25, 0.3) is 0 Å². The van der Waals surface area contributed by atoms with Crippen LogP contribution in [0.1, 0.15) is 12.8 Å². The van der Waals surface area contributed by atoms with Crippen LogP contribution in [0.4, 0.5) is 0 Å². The fourth-order valence-corrected chi connectivity index (χ4v) is 3.74. The lowest BCUT2D eigenvalue weighted by Crippen LogP contribution is -2.36. The molecule has 0 aliphatic carbocycles. The quantitative estimate of drug-likeness (QED) is 0.895. The van der Waals surface area contributed by atoms with E-state index in [9.17, 15) is 8.42 Å². The van der Waals surface area contributed by atoms with E-state index in [1.54, 1.807) is 12.3 Å². The zero-order valence-corrected chi connectivity index (χ0v) is 13.2. The number of hydrogen-bond acceptors (Lipinski definition) is 4. The summed E-state index contributed by atoms with van der Waals surface area (Å²) in [6.45, 7) is 2.57. The van der Waals surface area contributed by atoms with Crippen molar-refractivity contribution in [1.82, 2.24) is 14.6 Å². The minimum atomic E-state index is -3.45. The number of piperidine rings is 1. The molecule has 7 heteroatoms. The SMILES string of the molecule is CN1CCC(CNS(=O)(=O)c2cncc(Br)c2)CC1. The van der Waals surface area contributed by atoms with Crippen LogP contribution in [-0.2, 0) is 10.0 Å². The first-order valence-electron chi connectivity index (χ1n) is 6.26. The normalized spacial score (nSPS) is 18.6. The third-order valence-corrected chi connectivity index (χ3v) is 5.21. The Kier molecular flexibility index (Phi) is 4.94. The highest BCUT2D eigenvalue weighted by Gasteiger charge is 2.20. The Morgan fingerprint density at radius 2 is 2.11 bits per heavy atom. The maximum atomic E-state index is 12.1. The second-order valence-corrected chi connectivity index (χ2v) is 7.62. The Morgan fingerprint density at radius 3 is 2.74 bits per heavy atom. The predicted molar refractivity (Wildman–Crippen MR) is 77.3 cm³/mol. The highest BCUT2D eigenvalue weighted by molar-refractivity contribution is 9.10. The van der Waals surface area contributed by atoms with E-state index in [2.05, 4.69) is 37.6 Å². The molecule has 2 heterocycles. The van der Waals surface area contributed by atoms with Gasteiger partial charge in [0.15, 0.2) is 0 Å². The highest BCUT2D eigenvalue weighted by atomic mass is 79.9. The third-order valence-electron chi connectivity index (χ3n) is 3.39. The third kappa shape index (κ3) is 4.24. The van der Waals surface area contributed by atoms with E-state index in [4.69, 9.17) is 0 Å². The van der Waals surface area contributed by atoms with Crippen molar-refractivity contribution in [3.05, 3.63) is 22.9 Å². The molecule has 2 rings (SSSR count). The fraction of sp³-hybridized carbons (Fsp3) is 0.583. The van der Waals surface area contributed by atoms with Gasteiger partial charge in [0.05, 0.1) is 0 Å². The summed E-state index contributed by atoms with van der Waals surface area (Å²) in [6, 6.07) is 1.56. The molecule has 0 unspecified atom stereocenters. The van der Waals surface area contributed by atoms with Crippen molar-refractivity contribution in [3.63, 3.8) is 0 Å². The molecule has 0 aromatic carbocycles. The zero-order chi connectivity index (χ0) is 13.9. The van der Waals surface area contributed by atoms with E-state index in [-0.39, 0.29) is 4.90 Å². The van der Waals surface area contributed by atoms with Gasteiger partial charge in [0, 0.05) is 23.4 Å². The van der Waals surface area contributed by atoms with Gasteiger partial charge in [-0.25, -0.2) is 13.1 Å². The average Bonchev–Trinajstić information content (AvgIpc) is 2.38. The summed E-state index contributed by atoms with van der Waals surface area (Å²) in [7, 11) is -1.36. The van der Waals surface area contributed by atoms with Crippen LogP contribution in [0.2, 0.25) is 0 Å². The van der Waals surface area contributed by atoms with Gasteiger partial charge in [0.1, 0.15) is 4.90 Å². The molecule has 19 heavy (non-hydrogen) atoms. The van der Waals surface area contributed by atoms with Crippen LogP contribution in [0.3, 0.4) is 0 Å². The zero-order valence-electron chi connectivity index (χ0n) is 10.8. The van der Waals surface area contributed by atoms with E-state index in [0.717, 1.165) is 25.9 Å². The monoisotopic (exact) mass is 347 g/mol. The molecule has 1 aliphatic rings. The topological polar surface area (TPSA) is 62.3 Å². The Bertz CT molecular complexity index is 528. The van der Waals surface area contributed by atoms with E-state index in [1.807, 2.05) is 0 Å². The number of nitrogens with zero attached hydrogens (tertiary/aromatic N) is 2. The Labute approximate surface area is 122 Å². The first-order chi connectivity index (χ1) is 8.97. The molecule has 5 nitrogen and oxygen atoms in total. The van der Waals surface area contributed by atoms with Crippen LogP contribution in [0.15, 0.2) is 27.8 Å². The number of halogens is 1. The van der Waals surface area contributed by atoms with Gasteiger partial charge in [-0.05, 0) is 60.9 Å². The van der Waals surface area contributed by atoms with Crippen molar-refractivity contribution >= 4 is 26.0 Å². The predicted octanol–water partition coefficient (Wildman–Crippen LogP) is 1.46. The standard InChI is InChI=1S/C12H18BrN3O2S/c1-16-4-2-10(3-5-16)7-15-19(17,18)12-6-11(13)8-14-9-12/h6,8-10,15H,2-5,7H2,1H3. The lowest BCUT2D eigenvalue weighted by molar-refractivity contribution is 0.220. The van der Waals surface area contributed by atoms with Gasteiger partial charge in [-0.15, -0.1) is 0 Å². The van der Waals surface area contributed by atoms with Gasteiger partial charge in [0.2, 0.25) is 10.0 Å². The Balaban J connectivity index is 1.95. The van der Waals surface area contributed by atoms with Crippen molar-refractivity contribution in [2.75, 3.05) is 26.7 Å². The number of nitrogens with one attached hydrogen (secondary N) is 1. The molecule has 1 fully saturated rings. The molecular formula is C12H18BrN3O2S. The highest BCUT2D eigenvalue weighted by Crippen LogP contribution is 2.17. The molecule has 0 bridgehead atoms. The molecule has 0 atom stereocenters. The van der Waals surface area contributed by atoms with Crippen molar-refractivity contribution in [3.8, 4) is 0 Å². The molecule has 1 N–H and O–H groups in total. The summed E-state index contributed by atoms with van der Waals surface area (Å²) in [4.78, 5) is 6.35. The number of hydrogen-bond donors (Lipinski definition) is 1. The van der Waals surface area contributed by atoms with E-state index in [0.29, 0.717) is 16.9 Å². The maximum absolute atomic E-state index is 12.1. The number of rotatable bonds is 4. The first kappa shape index (κ1) is 14.9. The maximum Gasteiger partial charge on any atom is 0.242 e. The number of likely N-dealkylation sites (tertiary alicyclic amines) is 1. The van der Waals surface area contributed by atoms with Crippen LogP contribution in [0.25, 0.3) is 0 Å². The summed E-state index contributed by atoms with van der Waals surface area (Å²) < 4.78 is 27.6. The van der Waals surface area contributed by atoms with Gasteiger partial charge < -0.3 is 4.90 Å². The molecular weight excluding hydrogens is 330 g/mol. The summed E-state index contributed by atoms with van der Waals surface area (Å²) >= 11 is 3.23. The summed E-state index contributed by atoms with van der Waals surface area (Å²) in [5.41, 5.74) is 0. The van der Waals surface area contributed by atoms with E-state index in [1.165, 1.54) is 6.20 Å². The van der Waals surface area contributed by atoms with Crippen LogP contribution in [0, 0.1) is 5.92 Å². The van der Waals surface area contributed by atoms with Gasteiger partial charge in [-0.2, -0.15) is 0 Å². The summed E-state index contributed by atoms with van der Waals surface area (Å²) in [6.07, 6.45) is 5.00. The molecule has 0 amide bonds. The molecule has 0 spiro atoms. The summed E-state index contributed by atoms with van der Waals surface area (Å²) in [5, 5.41) is 0. The van der Waals surface area contributed by atoms with Gasteiger partial charge >= 0.3 is 0 Å². The van der Waals surface area contributed by atoms with E-state index >= 15 is 0 Å². The molecule has 1 saturated heterocycles.